The van der Waals surface area contributed by atoms with Crippen molar-refractivity contribution in [3.8, 4) is 28.7 Å². The van der Waals surface area contributed by atoms with Crippen molar-refractivity contribution in [3.63, 3.8) is 0 Å². The van der Waals surface area contributed by atoms with Crippen LogP contribution in [0.25, 0.3) is 11.1 Å². The first-order chi connectivity index (χ1) is 16.1. The van der Waals surface area contributed by atoms with Crippen molar-refractivity contribution in [1.82, 2.24) is 0 Å². The normalized spacial score (nSPS) is 10.1. The Bertz CT molecular complexity index is 1180. The predicted octanol–water partition coefficient (Wildman–Crippen LogP) is 4.82. The van der Waals surface area contributed by atoms with E-state index in [1.54, 1.807) is 66.7 Å². The molecule has 0 spiro atoms. The number of hydrogen-bond donors (Lipinski definition) is 1. The van der Waals surface area contributed by atoms with E-state index in [1.165, 1.54) is 0 Å². The van der Waals surface area contributed by atoms with Crippen LogP contribution in [-0.4, -0.2) is 31.7 Å². The largest absolute Gasteiger partial charge is 0.494 e. The molecule has 0 radical (unpaired) electrons. The summed E-state index contributed by atoms with van der Waals surface area (Å²) in [5, 5.41) is 12.1. The number of esters is 1. The van der Waals surface area contributed by atoms with Crippen LogP contribution in [0.4, 0.5) is 5.69 Å². The van der Waals surface area contributed by atoms with Crippen molar-refractivity contribution in [2.75, 3.05) is 25.1 Å². The molecule has 7 nitrogen and oxygen atoms in total. The molecule has 0 fully saturated rings. The van der Waals surface area contributed by atoms with Crippen molar-refractivity contribution in [3.05, 3.63) is 77.9 Å². The topological polar surface area (TPSA) is 97.7 Å². The summed E-state index contributed by atoms with van der Waals surface area (Å²) in [5.74, 6) is -0.119. The van der Waals surface area contributed by atoms with Gasteiger partial charge in [-0.3, -0.25) is 4.79 Å². The van der Waals surface area contributed by atoms with Crippen molar-refractivity contribution < 1.29 is 23.8 Å². The first-order valence-corrected chi connectivity index (χ1v) is 10.5. The quantitative estimate of drug-likeness (QED) is 0.475. The number of benzene rings is 3. The van der Waals surface area contributed by atoms with Crippen molar-refractivity contribution >= 4 is 17.6 Å². The lowest BCUT2D eigenvalue weighted by atomic mass is 9.96. The second-order valence-electron chi connectivity index (χ2n) is 6.85. The molecule has 0 atom stereocenters. The SMILES string of the molecule is CCOc1ccc(OCC)c(NC(=O)COC(=O)c2ccccc2-c2ccccc2C#N)c1. The fourth-order valence-corrected chi connectivity index (χ4v) is 3.25. The molecule has 0 aliphatic heterocycles. The van der Waals surface area contributed by atoms with Gasteiger partial charge in [0.2, 0.25) is 0 Å². The van der Waals surface area contributed by atoms with Crippen molar-refractivity contribution in [2.24, 2.45) is 0 Å². The third-order valence-corrected chi connectivity index (χ3v) is 4.65. The van der Waals surface area contributed by atoms with Gasteiger partial charge in [-0.15, -0.1) is 0 Å². The highest BCUT2D eigenvalue weighted by molar-refractivity contribution is 6.00. The molecule has 0 saturated heterocycles. The van der Waals surface area contributed by atoms with Gasteiger partial charge in [-0.25, -0.2) is 4.79 Å². The lowest BCUT2D eigenvalue weighted by molar-refractivity contribution is -0.119. The van der Waals surface area contributed by atoms with E-state index >= 15 is 0 Å². The first kappa shape index (κ1) is 23.4. The number of nitrogens with zero attached hydrogens (tertiary/aromatic N) is 1. The minimum Gasteiger partial charge on any atom is -0.494 e. The van der Waals surface area contributed by atoms with E-state index in [9.17, 15) is 14.9 Å². The van der Waals surface area contributed by atoms with Gasteiger partial charge < -0.3 is 19.5 Å². The molecule has 1 amide bonds. The van der Waals surface area contributed by atoms with Crippen LogP contribution in [0.5, 0.6) is 11.5 Å². The standard InChI is InChI=1S/C26H24N2O5/c1-3-31-19-13-14-24(32-4-2)23(15-19)28-25(29)17-33-26(30)22-12-8-7-11-21(22)20-10-6-5-9-18(20)16-27/h5-15H,3-4,17H2,1-2H3,(H,28,29). The molecule has 7 heteroatoms. The van der Waals surface area contributed by atoms with Crippen LogP contribution in [0.3, 0.4) is 0 Å². The Morgan fingerprint density at radius 3 is 2.33 bits per heavy atom. The third kappa shape index (κ3) is 5.89. The van der Waals surface area contributed by atoms with Gasteiger partial charge in [-0.05, 0) is 43.7 Å². The molecule has 3 aromatic rings. The number of nitrogens with one attached hydrogen (secondary N) is 1. The minimum absolute atomic E-state index is 0.265. The van der Waals surface area contributed by atoms with Gasteiger partial charge in [-0.1, -0.05) is 36.4 Å². The lowest BCUT2D eigenvalue weighted by Crippen LogP contribution is -2.21. The Kier molecular flexibility index (Phi) is 8.03. The number of carbonyl (C=O) groups is 2. The Hall–Kier alpha value is -4.31. The van der Waals surface area contributed by atoms with E-state index in [0.29, 0.717) is 47.1 Å². The van der Waals surface area contributed by atoms with Gasteiger partial charge in [0.05, 0.1) is 36.1 Å². The molecule has 168 valence electrons. The molecule has 0 unspecified atom stereocenters. The average Bonchev–Trinajstić information content (AvgIpc) is 2.84. The summed E-state index contributed by atoms with van der Waals surface area (Å²) in [6, 6.07) is 21.0. The zero-order valence-corrected chi connectivity index (χ0v) is 18.5. The minimum atomic E-state index is -0.665. The molecule has 1 N–H and O–H groups in total. The third-order valence-electron chi connectivity index (χ3n) is 4.65. The summed E-state index contributed by atoms with van der Waals surface area (Å²) in [5.41, 5.74) is 2.30. The van der Waals surface area contributed by atoms with E-state index in [1.807, 2.05) is 13.8 Å². The number of nitriles is 1. The number of ether oxygens (including phenoxy) is 3. The summed E-state index contributed by atoms with van der Waals surface area (Å²) in [7, 11) is 0. The Morgan fingerprint density at radius 1 is 0.909 bits per heavy atom. The smallest absolute Gasteiger partial charge is 0.339 e. The summed E-state index contributed by atoms with van der Waals surface area (Å²) in [6.07, 6.45) is 0. The molecule has 0 saturated carbocycles. The van der Waals surface area contributed by atoms with Gasteiger partial charge in [0, 0.05) is 11.6 Å². The van der Waals surface area contributed by atoms with Crippen LogP contribution in [0, 0.1) is 11.3 Å². The van der Waals surface area contributed by atoms with E-state index in [2.05, 4.69) is 11.4 Å². The molecule has 3 rings (SSSR count). The maximum Gasteiger partial charge on any atom is 0.339 e. The number of hydrogen-bond acceptors (Lipinski definition) is 6. The average molecular weight is 444 g/mol. The Labute approximate surface area is 192 Å². The van der Waals surface area contributed by atoms with E-state index < -0.39 is 18.5 Å². The zero-order valence-electron chi connectivity index (χ0n) is 18.5. The van der Waals surface area contributed by atoms with Crippen LogP contribution in [0.15, 0.2) is 66.7 Å². The molecule has 0 aliphatic carbocycles. The molecule has 0 heterocycles. The highest BCUT2D eigenvalue weighted by Crippen LogP contribution is 2.30. The molecule has 0 aromatic heterocycles. The Balaban J connectivity index is 1.73. The van der Waals surface area contributed by atoms with Gasteiger partial charge in [0.15, 0.2) is 6.61 Å². The van der Waals surface area contributed by atoms with Crippen LogP contribution in [0.2, 0.25) is 0 Å². The molecule has 33 heavy (non-hydrogen) atoms. The van der Waals surface area contributed by atoms with E-state index in [4.69, 9.17) is 14.2 Å². The van der Waals surface area contributed by atoms with Crippen LogP contribution < -0.4 is 14.8 Å². The lowest BCUT2D eigenvalue weighted by Gasteiger charge is -2.14. The highest BCUT2D eigenvalue weighted by atomic mass is 16.5. The van der Waals surface area contributed by atoms with Crippen LogP contribution in [0.1, 0.15) is 29.8 Å². The molecular weight excluding hydrogens is 420 g/mol. The highest BCUT2D eigenvalue weighted by Gasteiger charge is 2.18. The summed E-state index contributed by atoms with van der Waals surface area (Å²) in [4.78, 5) is 25.3. The summed E-state index contributed by atoms with van der Waals surface area (Å²) >= 11 is 0. The molecule has 0 aliphatic rings. The molecule has 0 bridgehead atoms. The first-order valence-electron chi connectivity index (χ1n) is 10.5. The van der Waals surface area contributed by atoms with Gasteiger partial charge in [-0.2, -0.15) is 5.26 Å². The van der Waals surface area contributed by atoms with E-state index in [-0.39, 0.29) is 5.56 Å². The zero-order chi connectivity index (χ0) is 23.6. The number of rotatable bonds is 9. The van der Waals surface area contributed by atoms with Crippen LogP contribution in [-0.2, 0) is 9.53 Å². The number of amides is 1. The molecule has 3 aromatic carbocycles. The fraction of sp³-hybridized carbons (Fsp3) is 0.192. The van der Waals surface area contributed by atoms with Gasteiger partial charge in [0.25, 0.3) is 5.91 Å². The molecular formula is C26H24N2O5. The summed E-state index contributed by atoms with van der Waals surface area (Å²) < 4.78 is 16.3. The van der Waals surface area contributed by atoms with Crippen molar-refractivity contribution in [1.29, 1.82) is 5.26 Å². The second kappa shape index (κ2) is 11.3. The number of carbonyl (C=O) groups excluding carboxylic acids is 2. The monoisotopic (exact) mass is 444 g/mol. The number of anilines is 1. The summed E-state index contributed by atoms with van der Waals surface area (Å²) in [6.45, 7) is 4.12. The maximum absolute atomic E-state index is 12.8. The van der Waals surface area contributed by atoms with E-state index in [0.717, 1.165) is 0 Å². The van der Waals surface area contributed by atoms with Crippen LogP contribution >= 0.6 is 0 Å². The van der Waals surface area contributed by atoms with Crippen molar-refractivity contribution in [2.45, 2.75) is 13.8 Å². The fourth-order valence-electron chi connectivity index (χ4n) is 3.25. The maximum atomic E-state index is 12.8. The Morgan fingerprint density at radius 2 is 1.61 bits per heavy atom. The second-order valence-corrected chi connectivity index (χ2v) is 6.85. The predicted molar refractivity (Wildman–Crippen MR) is 124 cm³/mol. The van der Waals surface area contributed by atoms with Gasteiger partial charge >= 0.3 is 5.97 Å². The van der Waals surface area contributed by atoms with Gasteiger partial charge in [0.1, 0.15) is 11.5 Å².